The molecular formula is C26H33F3N4O. The summed E-state index contributed by atoms with van der Waals surface area (Å²) in [5, 5.41) is 3.07. The van der Waals surface area contributed by atoms with E-state index in [4.69, 9.17) is 0 Å². The van der Waals surface area contributed by atoms with Crippen LogP contribution < -0.4 is 5.32 Å². The van der Waals surface area contributed by atoms with Gasteiger partial charge in [-0.3, -0.25) is 14.7 Å². The number of carbonyl (C=O) groups excluding carboxylic acids is 1. The molecule has 1 fully saturated rings. The number of nitrogens with one attached hydrogen (secondary N) is 1. The second-order valence-corrected chi connectivity index (χ2v) is 10.0. The number of likely N-dealkylation sites (tertiary alicyclic amines) is 1. The highest BCUT2D eigenvalue weighted by Gasteiger charge is 2.35. The van der Waals surface area contributed by atoms with E-state index in [1.165, 1.54) is 0 Å². The molecule has 2 aliphatic rings. The lowest BCUT2D eigenvalue weighted by Crippen LogP contribution is -2.36. The summed E-state index contributed by atoms with van der Waals surface area (Å²) in [4.78, 5) is 22.0. The fourth-order valence-electron chi connectivity index (χ4n) is 5.06. The zero-order valence-corrected chi connectivity index (χ0v) is 20.0. The van der Waals surface area contributed by atoms with E-state index in [9.17, 15) is 18.0 Å². The molecule has 184 valence electrons. The number of aromatic nitrogens is 1. The van der Waals surface area contributed by atoms with Crippen LogP contribution >= 0.6 is 0 Å². The minimum absolute atomic E-state index is 0.0497. The molecule has 34 heavy (non-hydrogen) atoms. The van der Waals surface area contributed by atoms with Crippen LogP contribution in [-0.2, 0) is 19.3 Å². The van der Waals surface area contributed by atoms with E-state index in [-0.39, 0.29) is 17.9 Å². The van der Waals surface area contributed by atoms with Gasteiger partial charge >= 0.3 is 6.18 Å². The van der Waals surface area contributed by atoms with E-state index in [2.05, 4.69) is 41.0 Å². The minimum atomic E-state index is -4.34. The van der Waals surface area contributed by atoms with Gasteiger partial charge in [-0.2, -0.15) is 13.2 Å². The first-order chi connectivity index (χ1) is 16.1. The van der Waals surface area contributed by atoms with Crippen molar-refractivity contribution < 1.29 is 18.0 Å². The molecule has 1 amide bonds. The molecule has 1 aromatic heterocycles. The Labute approximate surface area is 199 Å². The zero-order valence-electron chi connectivity index (χ0n) is 20.0. The molecule has 1 N–H and O–H groups in total. The molecule has 4 rings (SSSR count). The molecule has 1 unspecified atom stereocenters. The van der Waals surface area contributed by atoms with Gasteiger partial charge in [0.25, 0.3) is 5.91 Å². The maximum atomic E-state index is 12.9. The third kappa shape index (κ3) is 5.61. The van der Waals surface area contributed by atoms with E-state index in [1.54, 1.807) is 18.3 Å². The van der Waals surface area contributed by atoms with E-state index in [0.717, 1.165) is 54.9 Å². The third-order valence-corrected chi connectivity index (χ3v) is 7.00. The fraction of sp³-hybridized carbons (Fsp3) is 0.538. The summed E-state index contributed by atoms with van der Waals surface area (Å²) in [7, 11) is 2.12. The van der Waals surface area contributed by atoms with Crippen LogP contribution in [0.4, 0.5) is 13.2 Å². The van der Waals surface area contributed by atoms with Crippen LogP contribution in [0, 0.1) is 11.8 Å². The van der Waals surface area contributed by atoms with Gasteiger partial charge in [-0.15, -0.1) is 0 Å². The number of alkyl halides is 3. The van der Waals surface area contributed by atoms with Gasteiger partial charge in [0.15, 0.2) is 0 Å². The average molecular weight is 475 g/mol. The quantitative estimate of drug-likeness (QED) is 0.648. The summed E-state index contributed by atoms with van der Waals surface area (Å²) in [6.07, 6.45) is -0.501. The van der Waals surface area contributed by atoms with Crippen molar-refractivity contribution >= 4 is 5.91 Å². The predicted octanol–water partition coefficient (Wildman–Crippen LogP) is 4.88. The highest BCUT2D eigenvalue weighted by molar-refractivity contribution is 5.94. The normalized spacial score (nSPS) is 20.0. The molecule has 1 saturated heterocycles. The van der Waals surface area contributed by atoms with Gasteiger partial charge in [-0.1, -0.05) is 26.0 Å². The van der Waals surface area contributed by atoms with Gasteiger partial charge in [0.2, 0.25) is 0 Å². The summed E-state index contributed by atoms with van der Waals surface area (Å²) in [5.74, 6) is 0.677. The summed E-state index contributed by atoms with van der Waals surface area (Å²) < 4.78 is 38.7. The van der Waals surface area contributed by atoms with Gasteiger partial charge in [0.05, 0.1) is 22.9 Å². The Balaban J connectivity index is 1.43. The third-order valence-electron chi connectivity index (χ3n) is 7.00. The van der Waals surface area contributed by atoms with Crippen LogP contribution in [0.25, 0.3) is 0 Å². The van der Waals surface area contributed by atoms with Gasteiger partial charge < -0.3 is 10.2 Å². The summed E-state index contributed by atoms with van der Waals surface area (Å²) >= 11 is 0. The highest BCUT2D eigenvalue weighted by Crippen LogP contribution is 2.39. The van der Waals surface area contributed by atoms with E-state index in [1.807, 2.05) is 6.07 Å². The molecule has 0 aliphatic carbocycles. The number of hydrogen-bond acceptors (Lipinski definition) is 4. The standard InChI is InChI=1S/C26H33F3N4O/c1-17(2)24-23-21(16-33(24)15-19-4-6-22(7-5-19)26(27,28)29)12-20(14-30-23)25(34)31-13-18-8-10-32(3)11-9-18/h4-7,12,14,17-18,24H,8-11,13,15-16H2,1-3H3,(H,31,34). The van der Waals surface area contributed by atoms with E-state index >= 15 is 0 Å². The Bertz CT molecular complexity index is 998. The number of benzene rings is 1. The van der Waals surface area contributed by atoms with Crippen molar-refractivity contribution in [1.29, 1.82) is 0 Å². The molecule has 2 aliphatic heterocycles. The van der Waals surface area contributed by atoms with Crippen LogP contribution in [0.1, 0.15) is 65.5 Å². The second kappa shape index (κ2) is 10.0. The first-order valence-corrected chi connectivity index (χ1v) is 12.0. The van der Waals surface area contributed by atoms with Crippen LogP contribution in [0.15, 0.2) is 36.5 Å². The van der Waals surface area contributed by atoms with E-state index in [0.29, 0.717) is 31.1 Å². The molecule has 0 spiro atoms. The molecule has 5 nitrogen and oxygen atoms in total. The van der Waals surface area contributed by atoms with E-state index < -0.39 is 11.7 Å². The first kappa shape index (κ1) is 24.7. The SMILES string of the molecule is CC(C)C1c2ncc(C(=O)NCC3CCN(C)CC3)cc2CN1Cc1ccc(C(F)(F)F)cc1. The minimum Gasteiger partial charge on any atom is -0.352 e. The Hall–Kier alpha value is -2.45. The topological polar surface area (TPSA) is 48.5 Å². The Morgan fingerprint density at radius 1 is 1.18 bits per heavy atom. The Morgan fingerprint density at radius 3 is 2.47 bits per heavy atom. The second-order valence-electron chi connectivity index (χ2n) is 10.0. The Kier molecular flexibility index (Phi) is 7.28. The number of nitrogens with zero attached hydrogens (tertiary/aromatic N) is 3. The Morgan fingerprint density at radius 2 is 1.85 bits per heavy atom. The predicted molar refractivity (Wildman–Crippen MR) is 125 cm³/mol. The van der Waals surface area contributed by atoms with Crippen LogP contribution in [-0.4, -0.2) is 47.4 Å². The van der Waals surface area contributed by atoms with Crippen LogP contribution in [0.5, 0.6) is 0 Å². The monoisotopic (exact) mass is 474 g/mol. The molecule has 8 heteroatoms. The summed E-state index contributed by atoms with van der Waals surface area (Å²) in [6.45, 7) is 8.17. The maximum absolute atomic E-state index is 12.9. The first-order valence-electron chi connectivity index (χ1n) is 12.0. The highest BCUT2D eigenvalue weighted by atomic mass is 19.4. The van der Waals surface area contributed by atoms with Crippen molar-refractivity contribution in [3.05, 3.63) is 64.5 Å². The molecule has 1 atom stereocenters. The van der Waals surface area contributed by atoms with Crippen molar-refractivity contribution in [3.8, 4) is 0 Å². The van der Waals surface area contributed by atoms with Crippen molar-refractivity contribution in [3.63, 3.8) is 0 Å². The average Bonchev–Trinajstić information content (AvgIpc) is 3.15. The van der Waals surface area contributed by atoms with Gasteiger partial charge in [-0.25, -0.2) is 0 Å². The largest absolute Gasteiger partial charge is 0.416 e. The molecule has 1 aromatic carbocycles. The van der Waals surface area contributed by atoms with Gasteiger partial charge in [0, 0.05) is 25.8 Å². The summed E-state index contributed by atoms with van der Waals surface area (Å²) in [6, 6.07) is 7.32. The lowest BCUT2D eigenvalue weighted by atomic mass is 9.97. The fourth-order valence-corrected chi connectivity index (χ4v) is 5.06. The number of piperidine rings is 1. The number of amides is 1. The van der Waals surface area contributed by atoms with Crippen LogP contribution in [0.2, 0.25) is 0 Å². The molecule has 2 aromatic rings. The smallest absolute Gasteiger partial charge is 0.352 e. The molecular weight excluding hydrogens is 441 g/mol. The van der Waals surface area contributed by atoms with Gasteiger partial charge in [0.1, 0.15) is 0 Å². The lowest BCUT2D eigenvalue weighted by molar-refractivity contribution is -0.137. The van der Waals surface area contributed by atoms with Crippen molar-refractivity contribution in [2.24, 2.45) is 11.8 Å². The number of carbonyl (C=O) groups is 1. The number of halogens is 3. The molecule has 3 heterocycles. The number of rotatable bonds is 6. The number of hydrogen-bond donors (Lipinski definition) is 1. The van der Waals surface area contributed by atoms with Gasteiger partial charge in [-0.05, 0) is 74.1 Å². The summed E-state index contributed by atoms with van der Waals surface area (Å²) in [5.41, 5.74) is 2.71. The maximum Gasteiger partial charge on any atom is 0.416 e. The number of pyridine rings is 1. The zero-order chi connectivity index (χ0) is 24.5. The molecule has 0 saturated carbocycles. The lowest BCUT2D eigenvalue weighted by Gasteiger charge is -2.28. The molecule has 0 bridgehead atoms. The molecule has 0 radical (unpaired) electrons. The van der Waals surface area contributed by atoms with Crippen molar-refractivity contribution in [2.75, 3.05) is 26.7 Å². The van der Waals surface area contributed by atoms with Crippen LogP contribution in [0.3, 0.4) is 0 Å². The number of fused-ring (bicyclic) bond motifs is 1. The van der Waals surface area contributed by atoms with Crippen molar-refractivity contribution in [2.45, 2.75) is 52.0 Å². The van der Waals surface area contributed by atoms with Crippen molar-refractivity contribution in [1.82, 2.24) is 20.1 Å².